The molecule has 0 saturated carbocycles. The number of nitro benzene ring substituents is 1. The van der Waals surface area contributed by atoms with Crippen LogP contribution in [0.1, 0.15) is 31.1 Å². The van der Waals surface area contributed by atoms with Crippen molar-refractivity contribution in [3.63, 3.8) is 0 Å². The van der Waals surface area contributed by atoms with Gasteiger partial charge in [0.15, 0.2) is 5.96 Å². The minimum atomic E-state index is -0.423. The molecule has 10 nitrogen and oxygen atoms in total. The maximum absolute atomic E-state index is 11.9. The summed E-state index contributed by atoms with van der Waals surface area (Å²) in [6.45, 7) is 4.24. The largest absolute Gasteiger partial charge is 0.467 e. The second-order valence-electron chi connectivity index (χ2n) is 7.13. The van der Waals surface area contributed by atoms with Crippen molar-refractivity contribution in [1.82, 2.24) is 15.5 Å². The Kier molecular flexibility index (Phi) is 7.85. The number of benzene rings is 1. The van der Waals surface area contributed by atoms with Gasteiger partial charge >= 0.3 is 6.09 Å². The quantitative estimate of drug-likeness (QED) is 0.300. The van der Waals surface area contributed by atoms with Gasteiger partial charge < -0.3 is 24.7 Å². The molecule has 2 aromatic rings. The highest BCUT2D eigenvalue weighted by atomic mass is 16.6. The molecular weight excluding hydrogens is 402 g/mol. The summed E-state index contributed by atoms with van der Waals surface area (Å²) < 4.78 is 10.4. The van der Waals surface area contributed by atoms with Gasteiger partial charge in [-0.25, -0.2) is 9.79 Å². The highest BCUT2D eigenvalue weighted by Crippen LogP contribution is 2.14. The van der Waals surface area contributed by atoms with E-state index in [0.717, 1.165) is 24.2 Å². The average molecular weight is 429 g/mol. The molecule has 0 radical (unpaired) electrons. The van der Waals surface area contributed by atoms with Gasteiger partial charge in [0.25, 0.3) is 5.69 Å². The maximum atomic E-state index is 11.9. The number of nitro groups is 1. The number of aliphatic imine (C=N–C) groups is 1. The molecule has 0 unspecified atom stereocenters. The number of piperidine rings is 1. The molecule has 0 spiro atoms. The van der Waals surface area contributed by atoms with Crippen LogP contribution < -0.4 is 10.6 Å². The first-order valence-corrected chi connectivity index (χ1v) is 10.3. The average Bonchev–Trinajstić information content (AvgIpc) is 3.30. The lowest BCUT2D eigenvalue weighted by atomic mass is 10.1. The van der Waals surface area contributed by atoms with E-state index in [9.17, 15) is 14.9 Å². The fraction of sp³-hybridized carbons (Fsp3) is 0.429. The second-order valence-corrected chi connectivity index (χ2v) is 7.13. The number of ether oxygens (including phenoxy) is 1. The van der Waals surface area contributed by atoms with E-state index in [0.29, 0.717) is 38.7 Å². The summed E-state index contributed by atoms with van der Waals surface area (Å²) in [5.74, 6) is 1.39. The highest BCUT2D eigenvalue weighted by molar-refractivity contribution is 5.80. The smallest absolute Gasteiger partial charge is 0.409 e. The lowest BCUT2D eigenvalue weighted by molar-refractivity contribution is -0.384. The third-order valence-corrected chi connectivity index (χ3v) is 4.94. The summed E-state index contributed by atoms with van der Waals surface area (Å²) >= 11 is 0. The van der Waals surface area contributed by atoms with Gasteiger partial charge in [-0.2, -0.15) is 0 Å². The van der Waals surface area contributed by atoms with Crippen molar-refractivity contribution in [2.24, 2.45) is 4.99 Å². The number of nitrogens with one attached hydrogen (secondary N) is 2. The van der Waals surface area contributed by atoms with Crippen LogP contribution in [0.25, 0.3) is 0 Å². The van der Waals surface area contributed by atoms with E-state index < -0.39 is 4.92 Å². The molecule has 1 aromatic heterocycles. The summed E-state index contributed by atoms with van der Waals surface area (Å²) in [6, 6.07) is 10.2. The minimum absolute atomic E-state index is 0.0513. The molecule has 1 aliphatic rings. The highest BCUT2D eigenvalue weighted by Gasteiger charge is 2.24. The number of furan rings is 1. The summed E-state index contributed by atoms with van der Waals surface area (Å²) in [5.41, 5.74) is 0.914. The van der Waals surface area contributed by atoms with E-state index in [4.69, 9.17) is 9.15 Å². The van der Waals surface area contributed by atoms with Crippen molar-refractivity contribution < 1.29 is 18.9 Å². The molecule has 3 rings (SSSR count). The van der Waals surface area contributed by atoms with Crippen molar-refractivity contribution in [3.05, 3.63) is 64.1 Å². The van der Waals surface area contributed by atoms with Crippen LogP contribution in [0.2, 0.25) is 0 Å². The molecule has 2 heterocycles. The number of carbonyl (C=O) groups excluding carboxylic acids is 1. The van der Waals surface area contributed by atoms with Crippen LogP contribution in [-0.2, 0) is 17.8 Å². The van der Waals surface area contributed by atoms with E-state index >= 15 is 0 Å². The Hall–Kier alpha value is -3.56. The molecule has 0 atom stereocenters. The fourth-order valence-electron chi connectivity index (χ4n) is 3.24. The molecule has 10 heteroatoms. The molecule has 1 saturated heterocycles. The number of hydrogen-bond donors (Lipinski definition) is 2. The zero-order chi connectivity index (χ0) is 22.1. The van der Waals surface area contributed by atoms with Crippen LogP contribution in [-0.4, -0.2) is 47.6 Å². The van der Waals surface area contributed by atoms with Crippen LogP contribution in [0, 0.1) is 10.1 Å². The van der Waals surface area contributed by atoms with E-state index in [1.165, 1.54) is 12.1 Å². The lowest BCUT2D eigenvalue weighted by Gasteiger charge is -2.32. The SMILES string of the molecule is CCOC(=O)N1CCC(NC(=NCc2ccc([N+](=O)[O-])cc2)NCc2ccco2)CC1. The second kappa shape index (κ2) is 11.0. The molecule has 31 heavy (non-hydrogen) atoms. The first-order valence-electron chi connectivity index (χ1n) is 10.3. The van der Waals surface area contributed by atoms with E-state index in [-0.39, 0.29) is 17.8 Å². The summed E-state index contributed by atoms with van der Waals surface area (Å²) in [7, 11) is 0. The third kappa shape index (κ3) is 6.73. The van der Waals surface area contributed by atoms with Gasteiger partial charge in [-0.3, -0.25) is 10.1 Å². The molecule has 2 N–H and O–H groups in total. The predicted octanol–water partition coefficient (Wildman–Crippen LogP) is 3.04. The first-order chi connectivity index (χ1) is 15.0. The van der Waals surface area contributed by atoms with Gasteiger partial charge in [0.1, 0.15) is 5.76 Å². The Morgan fingerprint density at radius 2 is 2.03 bits per heavy atom. The molecular formula is C21H27N5O5. The van der Waals surface area contributed by atoms with Crippen molar-refractivity contribution >= 4 is 17.7 Å². The number of amides is 1. The summed E-state index contributed by atoms with van der Waals surface area (Å²) in [6.07, 6.45) is 2.89. The third-order valence-electron chi connectivity index (χ3n) is 4.94. The van der Waals surface area contributed by atoms with Gasteiger partial charge in [0.05, 0.1) is 30.9 Å². The molecule has 1 aromatic carbocycles. The normalized spacial score (nSPS) is 14.9. The van der Waals surface area contributed by atoms with Crippen molar-refractivity contribution in [2.75, 3.05) is 19.7 Å². The number of rotatable bonds is 7. The van der Waals surface area contributed by atoms with Gasteiger partial charge in [0, 0.05) is 31.3 Å². The maximum Gasteiger partial charge on any atom is 0.409 e. The Bertz CT molecular complexity index is 874. The molecule has 0 aliphatic carbocycles. The van der Waals surface area contributed by atoms with Crippen LogP contribution >= 0.6 is 0 Å². The summed E-state index contributed by atoms with van der Waals surface area (Å²) in [4.78, 5) is 28.6. The Labute approximate surface area is 180 Å². The molecule has 1 aliphatic heterocycles. The topological polar surface area (TPSA) is 122 Å². The zero-order valence-electron chi connectivity index (χ0n) is 17.5. The van der Waals surface area contributed by atoms with Gasteiger partial charge in [-0.15, -0.1) is 0 Å². The predicted molar refractivity (Wildman–Crippen MR) is 115 cm³/mol. The monoisotopic (exact) mass is 429 g/mol. The molecule has 1 amide bonds. The number of non-ortho nitro benzene ring substituents is 1. The lowest BCUT2D eigenvalue weighted by Crippen LogP contribution is -2.49. The molecule has 166 valence electrons. The molecule has 1 fully saturated rings. The van der Waals surface area contributed by atoms with Gasteiger partial charge in [-0.05, 0) is 37.5 Å². The Morgan fingerprint density at radius 3 is 2.65 bits per heavy atom. The van der Waals surface area contributed by atoms with Crippen molar-refractivity contribution in [3.8, 4) is 0 Å². The van der Waals surface area contributed by atoms with Crippen molar-refractivity contribution in [2.45, 2.75) is 38.9 Å². The Balaban J connectivity index is 1.60. The number of nitrogens with zero attached hydrogens (tertiary/aromatic N) is 3. The van der Waals surface area contributed by atoms with Gasteiger partial charge in [0.2, 0.25) is 0 Å². The number of guanidine groups is 1. The number of likely N-dealkylation sites (tertiary alicyclic amines) is 1. The summed E-state index contributed by atoms with van der Waals surface area (Å²) in [5, 5.41) is 17.5. The van der Waals surface area contributed by atoms with E-state index in [1.807, 2.05) is 12.1 Å². The standard InChI is InChI=1S/C21H27N5O5/c1-2-30-21(27)25-11-9-17(10-12-25)24-20(23-15-19-4-3-13-31-19)22-14-16-5-7-18(8-6-16)26(28)29/h3-8,13,17H,2,9-12,14-15H2,1H3,(H2,22,23,24). The van der Waals surface area contributed by atoms with Crippen LogP contribution in [0.4, 0.5) is 10.5 Å². The number of carbonyl (C=O) groups is 1. The first kappa shape index (κ1) is 22.1. The number of hydrogen-bond acceptors (Lipinski definition) is 6. The van der Waals surface area contributed by atoms with Crippen LogP contribution in [0.15, 0.2) is 52.1 Å². The van der Waals surface area contributed by atoms with E-state index in [2.05, 4.69) is 15.6 Å². The fourth-order valence-corrected chi connectivity index (χ4v) is 3.24. The van der Waals surface area contributed by atoms with Crippen molar-refractivity contribution in [1.29, 1.82) is 0 Å². The van der Waals surface area contributed by atoms with E-state index in [1.54, 1.807) is 30.2 Å². The zero-order valence-corrected chi connectivity index (χ0v) is 17.5. The van der Waals surface area contributed by atoms with Crippen LogP contribution in [0.3, 0.4) is 0 Å². The minimum Gasteiger partial charge on any atom is -0.467 e. The Morgan fingerprint density at radius 1 is 1.29 bits per heavy atom. The van der Waals surface area contributed by atoms with Crippen LogP contribution in [0.5, 0.6) is 0 Å². The van der Waals surface area contributed by atoms with Gasteiger partial charge in [-0.1, -0.05) is 12.1 Å². The molecule has 0 bridgehead atoms.